The van der Waals surface area contributed by atoms with Gasteiger partial charge in [-0.1, -0.05) is 13.8 Å². The molecule has 0 aromatic carbocycles. The zero-order valence-corrected chi connectivity index (χ0v) is 10.4. The van der Waals surface area contributed by atoms with Crippen LogP contribution in [-0.2, 0) is 6.42 Å². The van der Waals surface area contributed by atoms with Crippen LogP contribution in [0.25, 0.3) is 0 Å². The average molecular weight is 229 g/mol. The van der Waals surface area contributed by atoms with Crippen molar-refractivity contribution in [3.05, 3.63) is 11.8 Å². The molecule has 5 heteroatoms. The Morgan fingerprint density at radius 3 is 2.80 bits per heavy atom. The van der Waals surface area contributed by atoms with Gasteiger partial charge in [0.2, 0.25) is 11.8 Å². The lowest BCUT2D eigenvalue weighted by molar-refractivity contribution is 0.379. The Bertz CT molecular complexity index is 277. The molecule has 0 aliphatic heterocycles. The fourth-order valence-corrected chi connectivity index (χ4v) is 1.73. The molecule has 86 valence electrons. The third-order valence-electron chi connectivity index (χ3n) is 2.16. The van der Waals surface area contributed by atoms with Crippen LogP contribution >= 0.6 is 11.8 Å². The molecule has 0 saturated carbocycles. The summed E-state index contributed by atoms with van der Waals surface area (Å²) in [5, 5.41) is 11.4. The molecule has 0 amide bonds. The van der Waals surface area contributed by atoms with Crippen molar-refractivity contribution in [2.75, 3.05) is 18.6 Å². The first-order chi connectivity index (χ1) is 7.31. The monoisotopic (exact) mass is 229 g/mol. The fourth-order valence-electron chi connectivity index (χ4n) is 1.35. The predicted octanol–water partition coefficient (Wildman–Crippen LogP) is 2.04. The number of aryl methyl sites for hydroxylation is 1. The second kappa shape index (κ2) is 6.85. The second-order valence-corrected chi connectivity index (χ2v) is 4.28. The van der Waals surface area contributed by atoms with Crippen LogP contribution in [0.4, 0.5) is 0 Å². The van der Waals surface area contributed by atoms with Crippen molar-refractivity contribution < 1.29 is 4.42 Å². The molecular formula is C10H19N3OS. The summed E-state index contributed by atoms with van der Waals surface area (Å²) in [6.45, 7) is 5.10. The Morgan fingerprint density at radius 2 is 2.20 bits per heavy atom. The Balaban J connectivity index is 2.56. The van der Waals surface area contributed by atoms with Crippen LogP contribution in [0.1, 0.15) is 38.1 Å². The number of hydrogen-bond donors (Lipinski definition) is 1. The SMILES string of the molecule is CCNC(CC)c1nnc(CCSC)o1. The highest BCUT2D eigenvalue weighted by atomic mass is 32.2. The van der Waals surface area contributed by atoms with Crippen molar-refractivity contribution in [3.8, 4) is 0 Å². The highest BCUT2D eigenvalue weighted by Gasteiger charge is 2.15. The summed E-state index contributed by atoms with van der Waals surface area (Å²) in [5.41, 5.74) is 0. The Labute approximate surface area is 95.2 Å². The Hall–Kier alpha value is -0.550. The summed E-state index contributed by atoms with van der Waals surface area (Å²) in [5.74, 6) is 2.49. The van der Waals surface area contributed by atoms with Gasteiger partial charge in [0, 0.05) is 12.2 Å². The van der Waals surface area contributed by atoms with Crippen LogP contribution in [-0.4, -0.2) is 28.8 Å². The van der Waals surface area contributed by atoms with E-state index in [2.05, 4.69) is 35.6 Å². The van der Waals surface area contributed by atoms with Gasteiger partial charge in [0.05, 0.1) is 6.04 Å². The van der Waals surface area contributed by atoms with E-state index in [1.54, 1.807) is 11.8 Å². The number of aromatic nitrogens is 2. The zero-order valence-electron chi connectivity index (χ0n) is 9.62. The standard InChI is InChI=1S/C10H19N3OS/c1-4-8(11-5-2)10-13-12-9(14-10)6-7-15-3/h8,11H,4-7H2,1-3H3. The van der Waals surface area contributed by atoms with Gasteiger partial charge in [-0.3, -0.25) is 0 Å². The fraction of sp³-hybridized carbons (Fsp3) is 0.800. The number of nitrogens with one attached hydrogen (secondary N) is 1. The molecule has 0 spiro atoms. The molecule has 1 rings (SSSR count). The van der Waals surface area contributed by atoms with Crippen molar-refractivity contribution in [1.29, 1.82) is 0 Å². The molecule has 0 fully saturated rings. The van der Waals surface area contributed by atoms with E-state index < -0.39 is 0 Å². The minimum Gasteiger partial charge on any atom is -0.424 e. The molecule has 0 bridgehead atoms. The van der Waals surface area contributed by atoms with Gasteiger partial charge in [0.15, 0.2) is 0 Å². The third-order valence-corrected chi connectivity index (χ3v) is 2.77. The van der Waals surface area contributed by atoms with Crippen molar-refractivity contribution >= 4 is 11.8 Å². The highest BCUT2D eigenvalue weighted by Crippen LogP contribution is 2.15. The van der Waals surface area contributed by atoms with E-state index in [0.717, 1.165) is 36.9 Å². The van der Waals surface area contributed by atoms with Gasteiger partial charge in [-0.15, -0.1) is 10.2 Å². The summed E-state index contributed by atoms with van der Waals surface area (Å²) in [4.78, 5) is 0. The van der Waals surface area contributed by atoms with Gasteiger partial charge >= 0.3 is 0 Å². The van der Waals surface area contributed by atoms with Crippen molar-refractivity contribution in [1.82, 2.24) is 15.5 Å². The molecule has 1 N–H and O–H groups in total. The van der Waals surface area contributed by atoms with Crippen LogP contribution in [0.3, 0.4) is 0 Å². The molecule has 15 heavy (non-hydrogen) atoms. The highest BCUT2D eigenvalue weighted by molar-refractivity contribution is 7.98. The van der Waals surface area contributed by atoms with Gasteiger partial charge in [-0.25, -0.2) is 0 Å². The number of hydrogen-bond acceptors (Lipinski definition) is 5. The summed E-state index contributed by atoms with van der Waals surface area (Å²) in [6.07, 6.45) is 3.90. The zero-order chi connectivity index (χ0) is 11.1. The molecule has 0 radical (unpaired) electrons. The lowest BCUT2D eigenvalue weighted by atomic mass is 10.2. The molecule has 1 aromatic heterocycles. The van der Waals surface area contributed by atoms with Crippen molar-refractivity contribution in [2.24, 2.45) is 0 Å². The van der Waals surface area contributed by atoms with Gasteiger partial charge < -0.3 is 9.73 Å². The van der Waals surface area contributed by atoms with Crippen LogP contribution in [0.15, 0.2) is 4.42 Å². The molecule has 0 saturated heterocycles. The molecule has 4 nitrogen and oxygen atoms in total. The maximum Gasteiger partial charge on any atom is 0.233 e. The van der Waals surface area contributed by atoms with E-state index in [4.69, 9.17) is 4.42 Å². The van der Waals surface area contributed by atoms with Crippen molar-refractivity contribution in [2.45, 2.75) is 32.7 Å². The van der Waals surface area contributed by atoms with E-state index in [0.29, 0.717) is 0 Å². The molecule has 1 atom stereocenters. The van der Waals surface area contributed by atoms with Gasteiger partial charge in [0.1, 0.15) is 0 Å². The summed E-state index contributed by atoms with van der Waals surface area (Å²) in [6, 6.07) is 0.200. The third kappa shape index (κ3) is 3.83. The van der Waals surface area contributed by atoms with Gasteiger partial charge in [-0.05, 0) is 19.2 Å². The smallest absolute Gasteiger partial charge is 0.233 e. The molecule has 0 aliphatic carbocycles. The topological polar surface area (TPSA) is 51.0 Å². The van der Waals surface area contributed by atoms with E-state index in [-0.39, 0.29) is 6.04 Å². The molecule has 1 aromatic rings. The Morgan fingerprint density at radius 1 is 1.40 bits per heavy atom. The first kappa shape index (κ1) is 12.5. The number of thioether (sulfide) groups is 1. The first-order valence-corrected chi connectivity index (χ1v) is 6.75. The summed E-state index contributed by atoms with van der Waals surface area (Å²) >= 11 is 1.79. The van der Waals surface area contributed by atoms with E-state index >= 15 is 0 Å². The number of rotatable bonds is 7. The van der Waals surface area contributed by atoms with Crippen LogP contribution < -0.4 is 5.32 Å². The van der Waals surface area contributed by atoms with E-state index in [1.165, 1.54) is 0 Å². The summed E-state index contributed by atoms with van der Waals surface area (Å²) in [7, 11) is 0. The van der Waals surface area contributed by atoms with E-state index in [9.17, 15) is 0 Å². The maximum atomic E-state index is 5.59. The summed E-state index contributed by atoms with van der Waals surface area (Å²) < 4.78 is 5.59. The normalized spacial score (nSPS) is 13.0. The lowest BCUT2D eigenvalue weighted by Crippen LogP contribution is -2.20. The second-order valence-electron chi connectivity index (χ2n) is 3.30. The van der Waals surface area contributed by atoms with Crippen molar-refractivity contribution in [3.63, 3.8) is 0 Å². The quantitative estimate of drug-likeness (QED) is 0.775. The molecular weight excluding hydrogens is 210 g/mol. The van der Waals surface area contributed by atoms with E-state index in [1.807, 2.05) is 0 Å². The average Bonchev–Trinajstić information content (AvgIpc) is 2.71. The van der Waals surface area contributed by atoms with Gasteiger partial charge in [-0.2, -0.15) is 11.8 Å². The minimum atomic E-state index is 0.200. The molecule has 0 aliphatic rings. The molecule has 1 heterocycles. The van der Waals surface area contributed by atoms with Crippen LogP contribution in [0, 0.1) is 0 Å². The molecule has 1 unspecified atom stereocenters. The van der Waals surface area contributed by atoms with Crippen LogP contribution in [0.5, 0.6) is 0 Å². The Kier molecular flexibility index (Phi) is 5.71. The number of nitrogens with zero attached hydrogens (tertiary/aromatic N) is 2. The van der Waals surface area contributed by atoms with Gasteiger partial charge in [0.25, 0.3) is 0 Å². The lowest BCUT2D eigenvalue weighted by Gasteiger charge is -2.09. The predicted molar refractivity (Wildman–Crippen MR) is 63.1 cm³/mol. The first-order valence-electron chi connectivity index (χ1n) is 5.36. The maximum absolute atomic E-state index is 5.59. The largest absolute Gasteiger partial charge is 0.424 e. The minimum absolute atomic E-state index is 0.200. The van der Waals surface area contributed by atoms with Crippen LogP contribution in [0.2, 0.25) is 0 Å².